The van der Waals surface area contributed by atoms with Gasteiger partial charge in [-0.3, -0.25) is 14.5 Å². The van der Waals surface area contributed by atoms with Gasteiger partial charge in [0.1, 0.15) is 11.4 Å². The Hall–Kier alpha value is -2.81. The molecule has 1 aliphatic heterocycles. The van der Waals surface area contributed by atoms with Crippen molar-refractivity contribution in [1.82, 2.24) is 24.7 Å². The van der Waals surface area contributed by atoms with Crippen LogP contribution in [0.1, 0.15) is 30.9 Å². The number of benzene rings is 1. The summed E-state index contributed by atoms with van der Waals surface area (Å²) in [5.74, 6) is 0.469. The van der Waals surface area contributed by atoms with E-state index in [1.54, 1.807) is 46.4 Å². The Morgan fingerprint density at radius 3 is 2.62 bits per heavy atom. The number of nitrogens with one attached hydrogen (secondary N) is 1. The van der Waals surface area contributed by atoms with Crippen LogP contribution in [0.2, 0.25) is 10.0 Å². The van der Waals surface area contributed by atoms with Crippen LogP contribution in [0.15, 0.2) is 55.0 Å². The average molecular weight is 489 g/mol. The van der Waals surface area contributed by atoms with E-state index in [0.717, 1.165) is 5.69 Å². The van der Waals surface area contributed by atoms with E-state index < -0.39 is 0 Å². The van der Waals surface area contributed by atoms with Crippen LogP contribution in [0.3, 0.4) is 0 Å². The number of nitrogens with zero attached hydrogens (tertiary/aromatic N) is 5. The van der Waals surface area contributed by atoms with Gasteiger partial charge in [-0.15, -0.1) is 0 Å². The maximum absolute atomic E-state index is 13.4. The predicted molar refractivity (Wildman–Crippen MR) is 133 cm³/mol. The van der Waals surface area contributed by atoms with Gasteiger partial charge >= 0.3 is 0 Å². The van der Waals surface area contributed by atoms with E-state index in [2.05, 4.69) is 20.1 Å². The lowest BCUT2D eigenvalue weighted by Gasteiger charge is -2.32. The molecule has 1 amide bonds. The van der Waals surface area contributed by atoms with Crippen LogP contribution in [-0.2, 0) is 0 Å². The summed E-state index contributed by atoms with van der Waals surface area (Å²) >= 11 is 12.2. The fourth-order valence-electron chi connectivity index (χ4n) is 3.63. The first kappa shape index (κ1) is 23.8. The summed E-state index contributed by atoms with van der Waals surface area (Å²) in [6.45, 7) is 2.50. The molecule has 0 spiro atoms. The van der Waals surface area contributed by atoms with Crippen LogP contribution in [0.5, 0.6) is 0 Å². The molecule has 32 heavy (non-hydrogen) atoms. The van der Waals surface area contributed by atoms with Gasteiger partial charge in [0.15, 0.2) is 5.82 Å². The number of carbonyl (C=O) groups is 1. The molecular formula is C22H22Cl2N6OS. The van der Waals surface area contributed by atoms with E-state index in [1.807, 2.05) is 25.1 Å². The number of anilines is 1. The van der Waals surface area contributed by atoms with Crippen molar-refractivity contribution in [1.29, 1.82) is 0 Å². The average Bonchev–Trinajstić information content (AvgIpc) is 3.41. The third kappa shape index (κ3) is 4.01. The van der Waals surface area contributed by atoms with Crippen LogP contribution < -0.4 is 4.90 Å². The molecule has 5 rings (SSSR count). The highest BCUT2D eigenvalue weighted by Gasteiger charge is 2.34. The predicted octanol–water partition coefficient (Wildman–Crippen LogP) is 5.61. The number of aromatic nitrogens is 5. The minimum Gasteiger partial charge on any atom is -0.337 e. The first-order valence-corrected chi connectivity index (χ1v) is 10.1. The molecule has 0 bridgehead atoms. The Bertz CT molecular complexity index is 1260. The quantitative estimate of drug-likeness (QED) is 0.406. The summed E-state index contributed by atoms with van der Waals surface area (Å²) in [4.78, 5) is 27.1. The SMILES string of the molecule is C.C[C@H]1CN(c2ccc(Cl)c(Cl)c2)C(=O)c2c(-c3cnc(-c4ccccn4)[nH]3)cnn21.S. The van der Waals surface area contributed by atoms with Crippen molar-refractivity contribution >= 4 is 48.3 Å². The first-order chi connectivity index (χ1) is 14.5. The molecule has 4 heterocycles. The molecule has 3 aromatic heterocycles. The first-order valence-electron chi connectivity index (χ1n) is 9.34. The van der Waals surface area contributed by atoms with Crippen molar-refractivity contribution in [2.75, 3.05) is 11.4 Å². The van der Waals surface area contributed by atoms with Gasteiger partial charge in [-0.2, -0.15) is 18.6 Å². The molecule has 4 aromatic rings. The number of imidazole rings is 1. The Balaban J connectivity index is 0.00000144. The lowest BCUT2D eigenvalue weighted by Crippen LogP contribution is -2.42. The largest absolute Gasteiger partial charge is 0.337 e. The second-order valence-electron chi connectivity index (χ2n) is 7.08. The summed E-state index contributed by atoms with van der Waals surface area (Å²) in [6, 6.07) is 10.8. The summed E-state index contributed by atoms with van der Waals surface area (Å²) in [6.07, 6.45) is 5.09. The zero-order valence-corrected chi connectivity index (χ0v) is 18.9. The van der Waals surface area contributed by atoms with Gasteiger partial charge in [-0.1, -0.05) is 36.7 Å². The number of rotatable bonds is 3. The Kier molecular flexibility index (Phi) is 6.97. The van der Waals surface area contributed by atoms with Crippen LogP contribution in [0.4, 0.5) is 5.69 Å². The topological polar surface area (TPSA) is 79.7 Å². The number of amides is 1. The lowest BCUT2D eigenvalue weighted by atomic mass is 10.1. The van der Waals surface area contributed by atoms with Crippen LogP contribution in [-0.4, -0.2) is 37.2 Å². The molecular weight excluding hydrogens is 467 g/mol. The minimum atomic E-state index is -0.159. The smallest absolute Gasteiger partial charge is 0.277 e. The van der Waals surface area contributed by atoms with Crippen LogP contribution in [0, 0.1) is 0 Å². The number of pyridine rings is 1. The van der Waals surface area contributed by atoms with Gasteiger partial charge in [0.25, 0.3) is 5.91 Å². The highest BCUT2D eigenvalue weighted by atomic mass is 35.5. The molecule has 0 unspecified atom stereocenters. The second kappa shape index (κ2) is 9.36. The van der Waals surface area contributed by atoms with E-state index in [-0.39, 0.29) is 32.9 Å². The number of hydrogen-bond acceptors (Lipinski definition) is 4. The maximum Gasteiger partial charge on any atom is 0.277 e. The molecule has 166 valence electrons. The van der Waals surface area contributed by atoms with Crippen molar-refractivity contribution in [3.8, 4) is 22.8 Å². The number of halogens is 2. The Labute approximate surface area is 202 Å². The molecule has 0 saturated carbocycles. The Morgan fingerprint density at radius 1 is 1.09 bits per heavy atom. The zero-order valence-electron chi connectivity index (χ0n) is 16.4. The van der Waals surface area contributed by atoms with E-state index in [4.69, 9.17) is 23.2 Å². The van der Waals surface area contributed by atoms with Gasteiger partial charge in [-0.05, 0) is 37.3 Å². The van der Waals surface area contributed by atoms with Crippen molar-refractivity contribution in [2.45, 2.75) is 20.4 Å². The van der Waals surface area contributed by atoms with Gasteiger partial charge in [-0.25, -0.2) is 4.98 Å². The molecule has 1 N–H and O–H groups in total. The van der Waals surface area contributed by atoms with Gasteiger partial charge in [0, 0.05) is 18.4 Å². The van der Waals surface area contributed by atoms with E-state index >= 15 is 0 Å². The fourth-order valence-corrected chi connectivity index (χ4v) is 3.92. The summed E-state index contributed by atoms with van der Waals surface area (Å²) in [5.41, 5.74) is 3.30. The third-order valence-corrected chi connectivity index (χ3v) is 5.83. The normalized spacial score (nSPS) is 15.0. The third-order valence-electron chi connectivity index (χ3n) is 5.10. The van der Waals surface area contributed by atoms with Crippen LogP contribution in [0.25, 0.3) is 22.8 Å². The van der Waals surface area contributed by atoms with Crippen molar-refractivity contribution in [3.05, 3.63) is 70.7 Å². The van der Waals surface area contributed by atoms with E-state index in [0.29, 0.717) is 45.1 Å². The molecule has 0 radical (unpaired) electrons. The molecule has 0 aliphatic carbocycles. The highest BCUT2D eigenvalue weighted by Crippen LogP contribution is 2.34. The molecule has 1 aliphatic rings. The molecule has 1 aromatic carbocycles. The van der Waals surface area contributed by atoms with Gasteiger partial charge in [0.05, 0.1) is 39.7 Å². The monoisotopic (exact) mass is 488 g/mol. The van der Waals surface area contributed by atoms with Crippen molar-refractivity contribution in [3.63, 3.8) is 0 Å². The van der Waals surface area contributed by atoms with E-state index in [9.17, 15) is 4.79 Å². The number of aromatic amines is 1. The molecule has 10 heteroatoms. The highest BCUT2D eigenvalue weighted by molar-refractivity contribution is 7.59. The lowest BCUT2D eigenvalue weighted by molar-refractivity contribution is 0.0954. The standard InChI is InChI=1S/C21H16Cl2N6O.CH4.H2S/c1-12-11-28(13-5-6-15(22)16(23)8-13)21(30)19-14(9-26-29(12)19)18-10-25-20(27-18)17-4-2-3-7-24-17;;/h2-10,12H,11H2,1H3,(H,25,27);1H4;1H2/t12-;;/m0../s1. The number of fused-ring (bicyclic) bond motifs is 1. The number of carbonyl (C=O) groups excluding carboxylic acids is 1. The summed E-state index contributed by atoms with van der Waals surface area (Å²) in [7, 11) is 0. The minimum absolute atomic E-state index is 0. The molecule has 0 saturated heterocycles. The molecule has 7 nitrogen and oxygen atoms in total. The Morgan fingerprint density at radius 2 is 1.91 bits per heavy atom. The number of H-pyrrole nitrogens is 1. The van der Waals surface area contributed by atoms with Crippen molar-refractivity contribution < 1.29 is 4.79 Å². The fraction of sp³-hybridized carbons (Fsp3) is 0.182. The van der Waals surface area contributed by atoms with Gasteiger partial charge in [0.2, 0.25) is 0 Å². The second-order valence-corrected chi connectivity index (χ2v) is 7.89. The van der Waals surface area contributed by atoms with Crippen molar-refractivity contribution in [2.24, 2.45) is 0 Å². The molecule has 0 fully saturated rings. The summed E-state index contributed by atoms with van der Waals surface area (Å²) < 4.78 is 1.76. The maximum atomic E-state index is 13.4. The van der Waals surface area contributed by atoms with Gasteiger partial charge < -0.3 is 9.88 Å². The summed E-state index contributed by atoms with van der Waals surface area (Å²) in [5, 5.41) is 5.32. The zero-order chi connectivity index (χ0) is 20.8. The van der Waals surface area contributed by atoms with E-state index in [1.165, 1.54) is 0 Å². The number of hydrogen-bond donors (Lipinski definition) is 1. The molecule has 1 atom stereocenters. The van der Waals surface area contributed by atoms with Crippen LogP contribution >= 0.6 is 36.7 Å².